The Morgan fingerprint density at radius 3 is 1.98 bits per heavy atom. The number of benzene rings is 3. The summed E-state index contributed by atoms with van der Waals surface area (Å²) in [7, 11) is 0. The van der Waals surface area contributed by atoms with E-state index in [1.807, 2.05) is 0 Å². The molecule has 0 unspecified atom stereocenters. The third-order valence-corrected chi connectivity index (χ3v) is 11.8. The summed E-state index contributed by atoms with van der Waals surface area (Å²) in [6, 6.07) is 30.8. The van der Waals surface area contributed by atoms with Crippen LogP contribution in [0.4, 0.5) is 0 Å². The van der Waals surface area contributed by atoms with Crippen LogP contribution in [0.5, 0.6) is 0 Å². The van der Waals surface area contributed by atoms with Gasteiger partial charge in [-0.25, -0.2) is 4.40 Å². The Kier molecular flexibility index (Phi) is 5.52. The molecule has 0 atom stereocenters. The van der Waals surface area contributed by atoms with Crippen molar-refractivity contribution in [2.45, 2.75) is 92.0 Å². The number of aromatic nitrogens is 4. The van der Waals surface area contributed by atoms with Crippen molar-refractivity contribution in [3.05, 3.63) is 113 Å². The zero-order chi connectivity index (χ0) is 34.8. The Morgan fingerprint density at radius 1 is 0.580 bits per heavy atom. The smallest absolute Gasteiger partial charge is 0.200 e. The van der Waals surface area contributed by atoms with Gasteiger partial charge in [0.1, 0.15) is 11.0 Å². The number of aryl methyl sites for hydroxylation is 1. The quantitative estimate of drug-likeness (QED) is 0.0879. The van der Waals surface area contributed by atoms with Gasteiger partial charge in [0.2, 0.25) is 17.0 Å². The normalized spacial score (nSPS) is 14.1. The highest BCUT2D eigenvalue weighted by Gasteiger charge is 2.37. The Bertz CT molecular complexity index is 2950. The van der Waals surface area contributed by atoms with Crippen LogP contribution in [0, 0.1) is 6.92 Å². The summed E-state index contributed by atoms with van der Waals surface area (Å²) < 4.78 is 10.3. The van der Waals surface area contributed by atoms with Crippen molar-refractivity contribution in [1.82, 2.24) is 8.80 Å². The predicted molar refractivity (Wildman–Crippen MR) is 208 cm³/mol. The van der Waals surface area contributed by atoms with Crippen LogP contribution in [0.1, 0.15) is 90.3 Å². The topological polar surface area (TPSA) is 16.8 Å². The molecule has 1 aliphatic heterocycles. The van der Waals surface area contributed by atoms with E-state index in [1.54, 1.807) is 0 Å². The van der Waals surface area contributed by atoms with Gasteiger partial charge in [0.05, 0.1) is 27.6 Å². The summed E-state index contributed by atoms with van der Waals surface area (Å²) in [4.78, 5) is 0. The van der Waals surface area contributed by atoms with E-state index >= 15 is 0 Å². The van der Waals surface area contributed by atoms with Crippen molar-refractivity contribution in [1.29, 1.82) is 0 Å². The molecule has 0 amide bonds. The van der Waals surface area contributed by atoms with Gasteiger partial charge in [-0.1, -0.05) is 86.6 Å². The minimum Gasteiger partial charge on any atom is -0.200 e. The number of nitrogens with zero attached hydrogens (tertiary/aromatic N) is 4. The van der Waals surface area contributed by atoms with Crippen molar-refractivity contribution in [2.24, 2.45) is 0 Å². The van der Waals surface area contributed by atoms with Gasteiger partial charge in [-0.05, 0) is 82.3 Å². The fourth-order valence-corrected chi connectivity index (χ4v) is 8.99. The minimum absolute atomic E-state index is 0.00817. The minimum atomic E-state index is -0.00817. The molecule has 0 saturated heterocycles. The van der Waals surface area contributed by atoms with E-state index in [0.717, 1.165) is 6.54 Å². The van der Waals surface area contributed by atoms with Crippen molar-refractivity contribution >= 4 is 60.3 Å². The fourth-order valence-electron chi connectivity index (χ4n) is 8.99. The Hall–Kier alpha value is -4.96. The highest BCUT2D eigenvalue weighted by molar-refractivity contribution is 6.13. The third-order valence-electron chi connectivity index (χ3n) is 11.8. The number of fused-ring (bicyclic) bond motifs is 12. The summed E-state index contributed by atoms with van der Waals surface area (Å²) in [6.45, 7) is 24.1. The molecule has 4 nitrogen and oxygen atoms in total. The first-order valence-electron chi connectivity index (χ1n) is 18.2. The van der Waals surface area contributed by atoms with Crippen LogP contribution in [0.3, 0.4) is 0 Å². The molecule has 0 bridgehead atoms. The maximum absolute atomic E-state index is 2.62. The van der Waals surface area contributed by atoms with Crippen LogP contribution in [-0.4, -0.2) is 8.80 Å². The molecular weight excluding hydrogens is 609 g/mol. The van der Waals surface area contributed by atoms with E-state index in [9.17, 15) is 0 Å². The van der Waals surface area contributed by atoms with Gasteiger partial charge in [0.15, 0.2) is 12.7 Å². The maximum Gasteiger partial charge on any atom is 0.251 e. The van der Waals surface area contributed by atoms with Crippen LogP contribution < -0.4 is 8.97 Å². The van der Waals surface area contributed by atoms with Crippen molar-refractivity contribution in [3.8, 4) is 11.3 Å². The molecule has 9 aromatic rings. The number of rotatable bonds is 0. The molecule has 0 fully saturated rings. The monoisotopic (exact) mass is 654 g/mol. The largest absolute Gasteiger partial charge is 0.251 e. The summed E-state index contributed by atoms with van der Waals surface area (Å²) in [5.74, 6) is 0. The molecule has 0 N–H and O–H groups in total. The molecule has 0 radical (unpaired) electrons. The highest BCUT2D eigenvalue weighted by Crippen LogP contribution is 2.44. The second-order valence-electron chi connectivity index (χ2n) is 18.1. The van der Waals surface area contributed by atoms with E-state index in [0.29, 0.717) is 0 Å². The lowest BCUT2D eigenvalue weighted by Crippen LogP contribution is -2.42. The van der Waals surface area contributed by atoms with E-state index in [1.165, 1.54) is 99.5 Å². The molecule has 1 aliphatic rings. The fraction of sp³-hybridized carbons (Fsp3) is 0.304. The van der Waals surface area contributed by atoms with Crippen LogP contribution >= 0.6 is 0 Å². The second-order valence-corrected chi connectivity index (χ2v) is 18.1. The van der Waals surface area contributed by atoms with Gasteiger partial charge in [-0.15, -0.1) is 0 Å². The molecule has 248 valence electrons. The van der Waals surface area contributed by atoms with E-state index < -0.39 is 0 Å². The van der Waals surface area contributed by atoms with Gasteiger partial charge in [0, 0.05) is 33.7 Å². The second kappa shape index (κ2) is 9.23. The van der Waals surface area contributed by atoms with Crippen LogP contribution in [0.2, 0.25) is 0 Å². The van der Waals surface area contributed by atoms with Crippen molar-refractivity contribution < 1.29 is 8.97 Å². The van der Waals surface area contributed by atoms with Crippen LogP contribution in [0.25, 0.3) is 71.5 Å². The zero-order valence-electron chi connectivity index (χ0n) is 31.1. The van der Waals surface area contributed by atoms with Crippen molar-refractivity contribution in [3.63, 3.8) is 0 Å². The van der Waals surface area contributed by atoms with Crippen LogP contribution in [0.15, 0.2) is 85.1 Å². The first-order valence-corrected chi connectivity index (χ1v) is 18.2. The molecule has 0 spiro atoms. The first kappa shape index (κ1) is 29.9. The SMILES string of the molecule is Cc1c2ccccc2c2n1c1c3c4c(cc(C(C)(C)C)cc4c4ccc5c6cc(C(C)(C)C)ccc6n2c5[n+]41)-c1cc(C(C)(C)C)cc[n+]1C3. The van der Waals surface area contributed by atoms with Gasteiger partial charge < -0.3 is 0 Å². The number of hydrogen-bond acceptors (Lipinski definition) is 0. The molecule has 6 aromatic heterocycles. The predicted octanol–water partition coefficient (Wildman–Crippen LogP) is 10.5. The van der Waals surface area contributed by atoms with Gasteiger partial charge in [-0.2, -0.15) is 13.4 Å². The molecule has 0 saturated carbocycles. The summed E-state index contributed by atoms with van der Waals surface area (Å²) in [5, 5.41) is 7.94. The Labute approximate surface area is 293 Å². The first-order chi connectivity index (χ1) is 23.6. The average molecular weight is 655 g/mol. The number of hydrogen-bond donors (Lipinski definition) is 0. The Morgan fingerprint density at radius 2 is 1.26 bits per heavy atom. The average Bonchev–Trinajstić information content (AvgIpc) is 3.55. The molecule has 10 rings (SSSR count). The van der Waals surface area contributed by atoms with E-state index in [-0.39, 0.29) is 16.2 Å². The summed E-state index contributed by atoms with van der Waals surface area (Å²) in [6.07, 6.45) is 2.34. The van der Waals surface area contributed by atoms with Gasteiger partial charge in [-0.3, -0.25) is 0 Å². The van der Waals surface area contributed by atoms with Gasteiger partial charge >= 0.3 is 0 Å². The Balaban J connectivity index is 1.52. The summed E-state index contributed by atoms with van der Waals surface area (Å²) in [5.41, 5.74) is 15.8. The molecule has 50 heavy (non-hydrogen) atoms. The maximum atomic E-state index is 2.62. The third kappa shape index (κ3) is 3.72. The molecule has 7 heterocycles. The lowest BCUT2D eigenvalue weighted by Gasteiger charge is -2.26. The standard InChI is InChI=1S/C46H46N4/c1-26-30-13-11-12-14-31(30)41-48(26)43-36-25-47-20-19-28(45(5,6)7)24-39(47)35-23-29(46(8,9)10)22-34(40(35)36)38-18-16-32-33-21-27(44(2,3)4)15-17-37(33)49(41)42(32)50(38)43/h11-24H,25H2,1-10H3/q+2. The highest BCUT2D eigenvalue weighted by atomic mass is 15.2. The number of pyridine rings is 3. The molecule has 3 aromatic carbocycles. The summed E-state index contributed by atoms with van der Waals surface area (Å²) >= 11 is 0. The molecule has 0 aliphatic carbocycles. The van der Waals surface area contributed by atoms with E-state index in [2.05, 4.69) is 172 Å². The molecule has 4 heteroatoms. The van der Waals surface area contributed by atoms with Crippen molar-refractivity contribution in [2.75, 3.05) is 0 Å². The lowest BCUT2D eigenvalue weighted by atomic mass is 9.81. The van der Waals surface area contributed by atoms with E-state index in [4.69, 9.17) is 0 Å². The van der Waals surface area contributed by atoms with Crippen LogP contribution in [-0.2, 0) is 22.8 Å². The lowest BCUT2D eigenvalue weighted by molar-refractivity contribution is -0.678. The zero-order valence-corrected chi connectivity index (χ0v) is 31.1. The molecular formula is C46H46N4+2. The van der Waals surface area contributed by atoms with Gasteiger partial charge in [0.25, 0.3) is 5.65 Å².